The molecule has 0 radical (unpaired) electrons. The van der Waals surface area contributed by atoms with Gasteiger partial charge in [0.05, 0.1) is 5.69 Å². The summed E-state index contributed by atoms with van der Waals surface area (Å²) in [5.74, 6) is -0.497. The number of carbonyl (C=O) groups is 1. The lowest BCUT2D eigenvalue weighted by molar-refractivity contribution is -0.112. The first-order valence-electron chi connectivity index (χ1n) is 9.15. The number of hydrogen-bond acceptors (Lipinski definition) is 2. The van der Waals surface area contributed by atoms with E-state index >= 15 is 0 Å². The van der Waals surface area contributed by atoms with E-state index in [0.717, 1.165) is 37.1 Å². The van der Waals surface area contributed by atoms with Crippen LogP contribution in [0.3, 0.4) is 0 Å². The quantitative estimate of drug-likeness (QED) is 0.253. The summed E-state index contributed by atoms with van der Waals surface area (Å²) >= 11 is 19.2. The van der Waals surface area contributed by atoms with E-state index in [-0.39, 0.29) is 5.57 Å². The summed E-state index contributed by atoms with van der Waals surface area (Å²) in [5, 5.41) is 13.5. The molecular formula is C23H17Br2Cl2N3O. The Morgan fingerprint density at radius 3 is 2.16 bits per heavy atom. The minimum atomic E-state index is -0.497. The summed E-state index contributed by atoms with van der Waals surface area (Å²) in [6, 6.07) is 13.0. The van der Waals surface area contributed by atoms with Gasteiger partial charge in [0.25, 0.3) is 5.91 Å². The minimum absolute atomic E-state index is 0.0104. The Labute approximate surface area is 207 Å². The zero-order valence-corrected chi connectivity index (χ0v) is 21.5. The molecule has 0 spiro atoms. The van der Waals surface area contributed by atoms with Crippen LogP contribution in [0.2, 0.25) is 10.0 Å². The van der Waals surface area contributed by atoms with Gasteiger partial charge in [0.1, 0.15) is 11.6 Å². The molecule has 31 heavy (non-hydrogen) atoms. The molecule has 0 fully saturated rings. The Morgan fingerprint density at radius 1 is 1.03 bits per heavy atom. The van der Waals surface area contributed by atoms with Crippen molar-refractivity contribution in [3.63, 3.8) is 0 Å². The first-order valence-corrected chi connectivity index (χ1v) is 11.5. The van der Waals surface area contributed by atoms with Crippen LogP contribution in [0.4, 0.5) is 5.69 Å². The third-order valence-corrected chi connectivity index (χ3v) is 6.35. The molecule has 0 saturated heterocycles. The van der Waals surface area contributed by atoms with Crippen LogP contribution in [0, 0.1) is 32.1 Å². The first kappa shape index (κ1) is 23.6. The lowest BCUT2D eigenvalue weighted by Gasteiger charge is -2.11. The van der Waals surface area contributed by atoms with Crippen molar-refractivity contribution in [3.05, 3.63) is 83.5 Å². The predicted octanol–water partition coefficient (Wildman–Crippen LogP) is 7.78. The van der Waals surface area contributed by atoms with Crippen molar-refractivity contribution < 1.29 is 4.79 Å². The minimum Gasteiger partial charge on any atom is -0.319 e. The van der Waals surface area contributed by atoms with E-state index in [1.165, 1.54) is 0 Å². The molecule has 0 aliphatic heterocycles. The third kappa shape index (κ3) is 5.24. The number of halogens is 4. The van der Waals surface area contributed by atoms with E-state index in [1.807, 2.05) is 61.7 Å². The highest BCUT2D eigenvalue weighted by Gasteiger charge is 2.17. The molecule has 1 heterocycles. The number of aryl methyl sites for hydroxylation is 2. The molecule has 1 amide bonds. The molecule has 0 unspecified atom stereocenters. The smallest absolute Gasteiger partial charge is 0.266 e. The second-order valence-corrected chi connectivity index (χ2v) is 9.60. The monoisotopic (exact) mass is 579 g/mol. The molecule has 1 aromatic heterocycles. The van der Waals surface area contributed by atoms with Crippen molar-refractivity contribution >= 4 is 72.7 Å². The van der Waals surface area contributed by atoms with Crippen molar-refractivity contribution in [2.24, 2.45) is 0 Å². The highest BCUT2D eigenvalue weighted by molar-refractivity contribution is 9.11. The molecule has 1 N–H and O–H groups in total. The van der Waals surface area contributed by atoms with Gasteiger partial charge in [0, 0.05) is 36.1 Å². The molecule has 4 nitrogen and oxygen atoms in total. The largest absolute Gasteiger partial charge is 0.319 e. The molecule has 0 aliphatic rings. The van der Waals surface area contributed by atoms with Crippen molar-refractivity contribution in [2.45, 2.75) is 20.8 Å². The standard InChI is InChI=1S/C23H17Br2Cl2N3O/c1-12-4-20(24)22(21(25)5-12)29-23(31)16(11-28)7-15-6-13(2)30(14(15)3)19-9-17(26)8-18(27)10-19/h4-10H,1-3H3,(H,29,31)/b16-7+. The Hall–Kier alpha value is -2.04. The van der Waals surface area contributed by atoms with Gasteiger partial charge < -0.3 is 9.88 Å². The third-order valence-electron chi connectivity index (χ3n) is 4.67. The molecule has 3 rings (SSSR count). The summed E-state index contributed by atoms with van der Waals surface area (Å²) in [5.41, 5.74) is 4.92. The Morgan fingerprint density at radius 2 is 1.61 bits per heavy atom. The second-order valence-electron chi connectivity index (χ2n) is 7.02. The molecule has 0 atom stereocenters. The van der Waals surface area contributed by atoms with Crippen LogP contribution < -0.4 is 5.32 Å². The van der Waals surface area contributed by atoms with Crippen LogP contribution in [0.1, 0.15) is 22.5 Å². The van der Waals surface area contributed by atoms with E-state index < -0.39 is 5.91 Å². The van der Waals surface area contributed by atoms with Gasteiger partial charge in [-0.3, -0.25) is 4.79 Å². The average molecular weight is 582 g/mol. The summed E-state index contributed by atoms with van der Waals surface area (Å²) < 4.78 is 3.42. The molecular weight excluding hydrogens is 565 g/mol. The molecule has 158 valence electrons. The molecule has 2 aromatic carbocycles. The molecule has 0 bridgehead atoms. The van der Waals surface area contributed by atoms with Gasteiger partial charge in [-0.15, -0.1) is 0 Å². The number of benzene rings is 2. The maximum absolute atomic E-state index is 12.8. The number of rotatable bonds is 4. The second kappa shape index (κ2) is 9.62. The molecule has 0 saturated carbocycles. The summed E-state index contributed by atoms with van der Waals surface area (Å²) in [6.07, 6.45) is 1.58. The lowest BCUT2D eigenvalue weighted by atomic mass is 10.1. The van der Waals surface area contributed by atoms with Crippen LogP contribution in [-0.4, -0.2) is 10.5 Å². The van der Waals surface area contributed by atoms with E-state index in [2.05, 4.69) is 37.2 Å². The number of carbonyl (C=O) groups excluding carboxylic acids is 1. The molecule has 0 aliphatic carbocycles. The fraction of sp³-hybridized carbons (Fsp3) is 0.130. The Balaban J connectivity index is 1.98. The number of amides is 1. The molecule has 8 heteroatoms. The number of nitriles is 1. The molecule has 3 aromatic rings. The number of aromatic nitrogens is 1. The SMILES string of the molecule is Cc1cc(Br)c(NC(=O)/C(C#N)=C/c2cc(C)n(-c3cc(Cl)cc(Cl)c3)c2C)c(Br)c1. The van der Waals surface area contributed by atoms with Gasteiger partial charge in [0.15, 0.2) is 0 Å². The number of anilines is 1. The van der Waals surface area contributed by atoms with E-state index in [4.69, 9.17) is 23.2 Å². The van der Waals surface area contributed by atoms with Gasteiger partial charge in [-0.25, -0.2) is 0 Å². The zero-order chi connectivity index (χ0) is 22.9. The van der Waals surface area contributed by atoms with Crippen molar-refractivity contribution in [2.75, 3.05) is 5.32 Å². The predicted molar refractivity (Wildman–Crippen MR) is 134 cm³/mol. The van der Waals surface area contributed by atoms with E-state index in [0.29, 0.717) is 15.7 Å². The van der Waals surface area contributed by atoms with E-state index in [1.54, 1.807) is 12.1 Å². The Kier molecular flexibility index (Phi) is 7.33. The summed E-state index contributed by atoms with van der Waals surface area (Å²) in [6.45, 7) is 5.80. The highest BCUT2D eigenvalue weighted by Crippen LogP contribution is 2.33. The van der Waals surface area contributed by atoms with E-state index in [9.17, 15) is 10.1 Å². The zero-order valence-electron chi connectivity index (χ0n) is 16.9. The van der Waals surface area contributed by atoms with Gasteiger partial charge in [-0.2, -0.15) is 5.26 Å². The maximum Gasteiger partial charge on any atom is 0.266 e. The Bertz CT molecular complexity index is 1230. The number of hydrogen-bond donors (Lipinski definition) is 1. The first-order chi connectivity index (χ1) is 14.6. The number of nitrogens with one attached hydrogen (secondary N) is 1. The van der Waals surface area contributed by atoms with Gasteiger partial charge in [-0.05, 0) is 106 Å². The average Bonchev–Trinajstić information content (AvgIpc) is 2.94. The summed E-state index contributed by atoms with van der Waals surface area (Å²) in [7, 11) is 0. The topological polar surface area (TPSA) is 57.8 Å². The van der Waals surface area contributed by atoms with Gasteiger partial charge in [0.2, 0.25) is 0 Å². The number of nitrogens with zero attached hydrogens (tertiary/aromatic N) is 2. The highest BCUT2D eigenvalue weighted by atomic mass is 79.9. The lowest BCUT2D eigenvalue weighted by Crippen LogP contribution is -2.14. The van der Waals surface area contributed by atoms with Gasteiger partial charge in [-0.1, -0.05) is 23.2 Å². The maximum atomic E-state index is 12.8. The summed E-state index contributed by atoms with van der Waals surface area (Å²) in [4.78, 5) is 12.8. The fourth-order valence-electron chi connectivity index (χ4n) is 3.30. The van der Waals surface area contributed by atoms with Crippen molar-refractivity contribution in [1.29, 1.82) is 5.26 Å². The van der Waals surface area contributed by atoms with Gasteiger partial charge >= 0.3 is 0 Å². The fourth-order valence-corrected chi connectivity index (χ4v) is 5.43. The van der Waals surface area contributed by atoms with Crippen molar-refractivity contribution in [1.82, 2.24) is 4.57 Å². The normalized spacial score (nSPS) is 11.4. The van der Waals surface area contributed by atoms with Crippen LogP contribution >= 0.6 is 55.1 Å². The van der Waals surface area contributed by atoms with Crippen molar-refractivity contribution in [3.8, 4) is 11.8 Å². The van der Waals surface area contributed by atoms with Crippen LogP contribution in [0.5, 0.6) is 0 Å². The van der Waals surface area contributed by atoms with Crippen LogP contribution in [0.15, 0.2) is 50.9 Å². The van der Waals surface area contributed by atoms with Crippen LogP contribution in [0.25, 0.3) is 11.8 Å². The van der Waals surface area contributed by atoms with Crippen LogP contribution in [-0.2, 0) is 4.79 Å².